The Labute approximate surface area is 304 Å². The lowest BCUT2D eigenvalue weighted by Crippen LogP contribution is -2.40. The Balaban J connectivity index is 1.60. The van der Waals surface area contributed by atoms with Crippen LogP contribution in [0.4, 0.5) is 0 Å². The summed E-state index contributed by atoms with van der Waals surface area (Å²) in [7, 11) is 3.06. The van der Waals surface area contributed by atoms with Gasteiger partial charge in [-0.3, -0.25) is 9.36 Å². The molecule has 0 fully saturated rings. The zero-order chi connectivity index (χ0) is 33.1. The maximum absolute atomic E-state index is 14.2. The van der Waals surface area contributed by atoms with E-state index in [0.29, 0.717) is 47.9 Å². The van der Waals surface area contributed by atoms with Gasteiger partial charge in [0, 0.05) is 10.0 Å². The smallest absolute Gasteiger partial charge is 0.338 e. The van der Waals surface area contributed by atoms with Crippen molar-refractivity contribution < 1.29 is 23.7 Å². The van der Waals surface area contributed by atoms with Crippen molar-refractivity contribution in [3.63, 3.8) is 0 Å². The summed E-state index contributed by atoms with van der Waals surface area (Å²) >= 11 is 9.29. The van der Waals surface area contributed by atoms with Gasteiger partial charge < -0.3 is 18.9 Å². The van der Waals surface area contributed by atoms with E-state index in [4.69, 9.17) is 18.9 Å². The molecule has 236 valence electrons. The molecule has 0 N–H and O–H groups in total. The number of esters is 1. The number of carbonyl (C=O) groups excluding carboxylic acids is 1. The number of benzene rings is 3. The third-order valence-corrected chi connectivity index (χ3v) is 10.4. The SMILES string of the molecule is CCOC(=O)C1=C(C)N=c2s/c(=C\c3cc(I)c(OCc4ccccc4C#N)c(I)c3)c(=O)n2[C@H]1c1cc(OC)c(OC)cc1Br. The minimum atomic E-state index is -0.834. The molecule has 1 aromatic heterocycles. The molecule has 1 aliphatic rings. The van der Waals surface area contributed by atoms with Crippen LogP contribution in [0.3, 0.4) is 0 Å². The van der Waals surface area contributed by atoms with E-state index in [1.807, 2.05) is 36.4 Å². The monoisotopic (exact) mass is 925 g/mol. The first-order valence-electron chi connectivity index (χ1n) is 13.8. The highest BCUT2D eigenvalue weighted by Crippen LogP contribution is 2.41. The first kappa shape index (κ1) is 34.1. The van der Waals surface area contributed by atoms with E-state index < -0.39 is 12.0 Å². The van der Waals surface area contributed by atoms with Gasteiger partial charge in [0.1, 0.15) is 12.4 Å². The fourth-order valence-electron chi connectivity index (χ4n) is 5.02. The van der Waals surface area contributed by atoms with Crippen molar-refractivity contribution in [2.45, 2.75) is 26.5 Å². The number of ether oxygens (including phenoxy) is 4. The molecule has 0 aliphatic carbocycles. The first-order valence-corrected chi connectivity index (χ1v) is 17.6. The van der Waals surface area contributed by atoms with Crippen LogP contribution in [0.5, 0.6) is 17.2 Å². The summed E-state index contributed by atoms with van der Waals surface area (Å²) < 4.78 is 26.9. The summed E-state index contributed by atoms with van der Waals surface area (Å²) in [4.78, 5) is 32.6. The maximum atomic E-state index is 14.2. The number of nitriles is 1. The number of methoxy groups -OCH3 is 2. The van der Waals surface area contributed by atoms with Crippen molar-refractivity contribution >= 4 is 84.5 Å². The van der Waals surface area contributed by atoms with Crippen LogP contribution in [0, 0.1) is 18.5 Å². The molecule has 3 aromatic carbocycles. The highest BCUT2D eigenvalue weighted by molar-refractivity contribution is 14.1. The van der Waals surface area contributed by atoms with Gasteiger partial charge in [-0.2, -0.15) is 5.26 Å². The second-order valence-corrected chi connectivity index (χ2v) is 14.1. The van der Waals surface area contributed by atoms with E-state index in [-0.39, 0.29) is 24.3 Å². The molecule has 4 aromatic rings. The van der Waals surface area contributed by atoms with Gasteiger partial charge in [0.25, 0.3) is 5.56 Å². The van der Waals surface area contributed by atoms with Crippen LogP contribution in [-0.2, 0) is 16.1 Å². The molecule has 2 heterocycles. The van der Waals surface area contributed by atoms with Crippen LogP contribution in [0.1, 0.15) is 42.1 Å². The Bertz CT molecular complexity index is 2100. The van der Waals surface area contributed by atoms with Gasteiger partial charge in [-0.25, -0.2) is 9.79 Å². The van der Waals surface area contributed by atoms with Gasteiger partial charge in [-0.15, -0.1) is 0 Å². The lowest BCUT2D eigenvalue weighted by atomic mass is 9.95. The van der Waals surface area contributed by atoms with E-state index in [2.05, 4.69) is 72.2 Å². The van der Waals surface area contributed by atoms with Gasteiger partial charge in [0.05, 0.1) is 61.4 Å². The van der Waals surface area contributed by atoms with Crippen LogP contribution in [0.15, 0.2) is 74.1 Å². The molecule has 0 bridgehead atoms. The summed E-state index contributed by atoms with van der Waals surface area (Å²) in [6.45, 7) is 3.89. The van der Waals surface area contributed by atoms with Crippen molar-refractivity contribution in [1.82, 2.24) is 4.57 Å². The number of halogens is 3. The predicted octanol–water partition coefficient (Wildman–Crippen LogP) is 6.24. The Hall–Kier alpha value is -3.20. The summed E-state index contributed by atoms with van der Waals surface area (Å²) in [5.74, 6) is 1.08. The van der Waals surface area contributed by atoms with E-state index in [1.165, 1.54) is 30.1 Å². The Morgan fingerprint density at radius 2 is 1.80 bits per heavy atom. The second kappa shape index (κ2) is 14.7. The van der Waals surface area contributed by atoms with E-state index in [9.17, 15) is 14.9 Å². The number of allylic oxidation sites excluding steroid dienone is 1. The minimum absolute atomic E-state index is 0.168. The Morgan fingerprint density at radius 1 is 1.13 bits per heavy atom. The molecule has 5 rings (SSSR count). The van der Waals surface area contributed by atoms with Gasteiger partial charge in [-0.1, -0.05) is 45.5 Å². The fraction of sp³-hybridized carbons (Fsp3) is 0.212. The molecule has 0 amide bonds. The number of fused-ring (bicyclic) bond motifs is 1. The molecule has 0 saturated carbocycles. The second-order valence-electron chi connectivity index (χ2n) is 9.90. The summed E-state index contributed by atoms with van der Waals surface area (Å²) in [5, 5.41) is 9.42. The summed E-state index contributed by atoms with van der Waals surface area (Å²) in [5.41, 5.74) is 3.21. The Morgan fingerprint density at radius 3 is 2.46 bits per heavy atom. The average Bonchev–Trinajstić information content (AvgIpc) is 3.33. The number of carbonyl (C=O) groups is 1. The van der Waals surface area contributed by atoms with Crippen LogP contribution in [-0.4, -0.2) is 31.4 Å². The summed E-state index contributed by atoms with van der Waals surface area (Å²) in [6.07, 6.45) is 1.81. The minimum Gasteiger partial charge on any atom is -0.493 e. The zero-order valence-corrected chi connectivity index (χ0v) is 31.7. The van der Waals surface area contributed by atoms with Crippen molar-refractivity contribution in [2.75, 3.05) is 20.8 Å². The first-order chi connectivity index (χ1) is 22.1. The quantitative estimate of drug-likeness (QED) is 0.145. The van der Waals surface area contributed by atoms with Gasteiger partial charge in [-0.05, 0) is 107 Å². The molecule has 1 atom stereocenters. The zero-order valence-electron chi connectivity index (χ0n) is 25.0. The topological polar surface area (TPSA) is 112 Å². The maximum Gasteiger partial charge on any atom is 0.338 e. The molecule has 0 spiro atoms. The van der Waals surface area contributed by atoms with Crippen LogP contribution >= 0.6 is 72.4 Å². The largest absolute Gasteiger partial charge is 0.493 e. The van der Waals surface area contributed by atoms with E-state index >= 15 is 0 Å². The molecule has 1 aliphatic heterocycles. The normalized spacial score (nSPS) is 14.3. The number of hydrogen-bond donors (Lipinski definition) is 0. The molecular formula is C33H26BrI2N3O6S. The molecule has 0 saturated heterocycles. The van der Waals surface area contributed by atoms with Crippen molar-refractivity contribution in [2.24, 2.45) is 4.99 Å². The highest BCUT2D eigenvalue weighted by atomic mass is 127. The number of thiazole rings is 1. The van der Waals surface area contributed by atoms with Gasteiger partial charge >= 0.3 is 5.97 Å². The van der Waals surface area contributed by atoms with Gasteiger partial charge in [0.2, 0.25) is 0 Å². The highest BCUT2D eigenvalue weighted by Gasteiger charge is 2.35. The molecule has 0 unspecified atom stereocenters. The molecule has 0 radical (unpaired) electrons. The third-order valence-electron chi connectivity index (χ3n) is 7.14. The van der Waals surface area contributed by atoms with Crippen LogP contribution < -0.4 is 29.1 Å². The molecular weight excluding hydrogens is 900 g/mol. The molecule has 9 nitrogen and oxygen atoms in total. The number of nitrogens with zero attached hydrogens (tertiary/aromatic N) is 3. The van der Waals surface area contributed by atoms with E-state index in [1.54, 1.807) is 32.0 Å². The van der Waals surface area contributed by atoms with Crippen molar-refractivity contribution in [3.05, 3.63) is 113 Å². The Kier molecular flexibility index (Phi) is 10.9. The van der Waals surface area contributed by atoms with Crippen LogP contribution in [0.2, 0.25) is 0 Å². The average molecular weight is 926 g/mol. The van der Waals surface area contributed by atoms with Crippen LogP contribution in [0.25, 0.3) is 6.08 Å². The molecule has 46 heavy (non-hydrogen) atoms. The van der Waals surface area contributed by atoms with Gasteiger partial charge in [0.15, 0.2) is 16.3 Å². The lowest BCUT2D eigenvalue weighted by Gasteiger charge is -2.26. The molecule has 13 heteroatoms. The number of hydrogen-bond acceptors (Lipinski definition) is 9. The predicted molar refractivity (Wildman–Crippen MR) is 195 cm³/mol. The lowest BCUT2D eigenvalue weighted by molar-refractivity contribution is -0.139. The number of aromatic nitrogens is 1. The fourth-order valence-corrected chi connectivity index (χ4v) is 8.74. The van der Waals surface area contributed by atoms with Crippen molar-refractivity contribution in [1.29, 1.82) is 5.26 Å². The third kappa shape index (κ3) is 6.76. The standard InChI is InChI=1S/C33H26BrI2N3O6S/c1-5-44-32(41)28-17(2)38-33-39(29(28)21-13-25(42-3)26(43-4)14-22(21)34)31(40)27(46-33)12-18-10-23(35)30(24(36)11-18)45-16-20-9-7-6-8-19(20)15-37/h6-14,29H,5,16H2,1-4H3/b27-12-/t29-/m0/s1. The van der Waals surface area contributed by atoms with E-state index in [0.717, 1.165) is 18.3 Å². The number of rotatable bonds is 9. The van der Waals surface area contributed by atoms with Crippen molar-refractivity contribution in [3.8, 4) is 23.3 Å². The summed E-state index contributed by atoms with van der Waals surface area (Å²) in [6, 6.07) is 16.1.